The minimum absolute atomic E-state index is 0.118. The van der Waals surface area contributed by atoms with E-state index in [9.17, 15) is 5.11 Å². The lowest BCUT2D eigenvalue weighted by molar-refractivity contribution is -0.00766. The van der Waals surface area contributed by atoms with E-state index in [1.807, 2.05) is 18.2 Å². The third-order valence-corrected chi connectivity index (χ3v) is 4.67. The Hall–Kier alpha value is -1.65. The molecule has 1 saturated carbocycles. The minimum atomic E-state index is -1.00. The maximum absolute atomic E-state index is 11.3. The fourth-order valence-electron chi connectivity index (χ4n) is 2.89. The van der Waals surface area contributed by atoms with E-state index in [1.165, 1.54) is 6.33 Å². The van der Waals surface area contributed by atoms with Crippen molar-refractivity contribution in [3.63, 3.8) is 0 Å². The Bertz CT molecular complexity index is 730. The third-order valence-electron chi connectivity index (χ3n) is 4.36. The molecule has 0 amide bonds. The van der Waals surface area contributed by atoms with Gasteiger partial charge in [0.25, 0.3) is 0 Å². The highest BCUT2D eigenvalue weighted by atomic mass is 35.5. The number of benzene rings is 1. The van der Waals surface area contributed by atoms with E-state index in [2.05, 4.69) is 43.0 Å². The van der Waals surface area contributed by atoms with Crippen LogP contribution in [0.5, 0.6) is 0 Å². The molecule has 1 heterocycles. The fraction of sp³-hybridized carbons (Fsp3) is 0.474. The monoisotopic (exact) mass is 345 g/mol. The lowest BCUT2D eigenvalue weighted by Gasteiger charge is -2.29. The highest BCUT2D eigenvalue weighted by molar-refractivity contribution is 6.31. The molecule has 1 unspecified atom stereocenters. The molecule has 2 aromatic rings. The summed E-state index contributed by atoms with van der Waals surface area (Å²) in [5.41, 5.74) is 0.928. The van der Waals surface area contributed by atoms with Crippen molar-refractivity contribution >= 4 is 17.7 Å². The molecular formula is C19H24ClN3O. The summed E-state index contributed by atoms with van der Waals surface area (Å²) >= 11 is 6.54. The molecule has 0 bridgehead atoms. The number of aliphatic hydroxyl groups is 1. The van der Waals surface area contributed by atoms with Crippen molar-refractivity contribution in [2.45, 2.75) is 45.8 Å². The topological polar surface area (TPSA) is 50.9 Å². The standard InChI is InChI=1S/C19H24ClN3O/c1-18(2,3)9-8-14-4-7-16(17(20)10-14)19(24,15-5-6-15)11-23-13-21-12-22-23/h4,7-10,12-13,15,24H,5-6,11H2,1-3H3. The second-order valence-corrected chi connectivity index (χ2v) is 8.14. The van der Waals surface area contributed by atoms with Crippen molar-refractivity contribution < 1.29 is 5.11 Å². The van der Waals surface area contributed by atoms with Gasteiger partial charge in [0.05, 0.1) is 6.54 Å². The van der Waals surface area contributed by atoms with Crippen molar-refractivity contribution in [2.24, 2.45) is 11.3 Å². The van der Waals surface area contributed by atoms with Crippen LogP contribution in [-0.4, -0.2) is 19.9 Å². The van der Waals surface area contributed by atoms with Crippen LogP contribution >= 0.6 is 11.6 Å². The van der Waals surface area contributed by atoms with Crippen LogP contribution in [0.4, 0.5) is 0 Å². The second-order valence-electron chi connectivity index (χ2n) is 7.73. The summed E-state index contributed by atoms with van der Waals surface area (Å²) in [6.45, 7) is 6.84. The SMILES string of the molecule is CC(C)(C)C=Cc1ccc(C(O)(Cn2cncn2)C2CC2)c(Cl)c1. The fourth-order valence-corrected chi connectivity index (χ4v) is 3.24. The molecule has 1 atom stereocenters. The molecule has 1 aliphatic carbocycles. The Morgan fingerprint density at radius 1 is 1.33 bits per heavy atom. The quantitative estimate of drug-likeness (QED) is 0.879. The van der Waals surface area contributed by atoms with Crippen LogP contribution in [0.25, 0.3) is 6.08 Å². The maximum atomic E-state index is 11.3. The van der Waals surface area contributed by atoms with Crippen LogP contribution in [-0.2, 0) is 12.1 Å². The average molecular weight is 346 g/mol. The van der Waals surface area contributed by atoms with Crippen molar-refractivity contribution in [1.29, 1.82) is 0 Å². The van der Waals surface area contributed by atoms with Crippen molar-refractivity contribution in [3.8, 4) is 0 Å². The van der Waals surface area contributed by atoms with E-state index < -0.39 is 5.60 Å². The van der Waals surface area contributed by atoms with Gasteiger partial charge in [0.15, 0.2) is 0 Å². The predicted molar refractivity (Wildman–Crippen MR) is 96.6 cm³/mol. The molecule has 1 fully saturated rings. The normalized spacial score (nSPS) is 18.0. The van der Waals surface area contributed by atoms with Crippen LogP contribution in [0.1, 0.15) is 44.7 Å². The molecule has 128 valence electrons. The van der Waals surface area contributed by atoms with Gasteiger partial charge in [-0.25, -0.2) is 9.67 Å². The largest absolute Gasteiger partial charge is 0.383 e. The molecule has 0 radical (unpaired) electrons. The molecule has 0 aliphatic heterocycles. The number of rotatable bonds is 5. The molecule has 4 nitrogen and oxygen atoms in total. The van der Waals surface area contributed by atoms with Gasteiger partial charge < -0.3 is 5.11 Å². The van der Waals surface area contributed by atoms with Gasteiger partial charge in [-0.15, -0.1) is 0 Å². The van der Waals surface area contributed by atoms with Crippen LogP contribution in [0.3, 0.4) is 0 Å². The third kappa shape index (κ3) is 3.87. The number of aromatic nitrogens is 3. The average Bonchev–Trinajstić information content (AvgIpc) is 3.24. The molecule has 1 N–H and O–H groups in total. The predicted octanol–water partition coefficient (Wildman–Crippen LogP) is 4.29. The Morgan fingerprint density at radius 3 is 2.62 bits per heavy atom. The van der Waals surface area contributed by atoms with E-state index in [4.69, 9.17) is 11.6 Å². The van der Waals surface area contributed by atoms with Gasteiger partial charge in [0, 0.05) is 10.6 Å². The van der Waals surface area contributed by atoms with Crippen LogP contribution in [0, 0.1) is 11.3 Å². The minimum Gasteiger partial charge on any atom is -0.383 e. The first-order valence-corrected chi connectivity index (χ1v) is 8.70. The molecule has 0 spiro atoms. The Balaban J connectivity index is 1.90. The molecule has 1 aliphatic rings. The smallest absolute Gasteiger partial charge is 0.137 e. The van der Waals surface area contributed by atoms with Gasteiger partial charge in [-0.05, 0) is 35.8 Å². The summed E-state index contributed by atoms with van der Waals surface area (Å²) in [5.74, 6) is 0.218. The summed E-state index contributed by atoms with van der Waals surface area (Å²) in [4.78, 5) is 3.96. The summed E-state index contributed by atoms with van der Waals surface area (Å²) in [6.07, 6.45) is 9.35. The van der Waals surface area contributed by atoms with Crippen molar-refractivity contribution in [2.75, 3.05) is 0 Å². The summed E-state index contributed by atoms with van der Waals surface area (Å²) in [6, 6.07) is 5.88. The van der Waals surface area contributed by atoms with Gasteiger partial charge in [0.2, 0.25) is 0 Å². The van der Waals surface area contributed by atoms with Crippen LogP contribution in [0.15, 0.2) is 36.9 Å². The molecule has 3 rings (SSSR count). The lowest BCUT2D eigenvalue weighted by atomic mass is 9.87. The molecule has 1 aromatic heterocycles. The first kappa shape index (κ1) is 17.2. The number of halogens is 1. The number of allylic oxidation sites excluding steroid dienone is 1. The first-order chi connectivity index (χ1) is 11.3. The van der Waals surface area contributed by atoms with Gasteiger partial charge in [-0.3, -0.25) is 0 Å². The Labute approximate surface area is 148 Å². The summed E-state index contributed by atoms with van der Waals surface area (Å²) in [5, 5.41) is 16.1. The van der Waals surface area contributed by atoms with Gasteiger partial charge in [-0.2, -0.15) is 5.10 Å². The van der Waals surface area contributed by atoms with E-state index in [-0.39, 0.29) is 11.3 Å². The van der Waals surface area contributed by atoms with E-state index in [0.717, 1.165) is 24.0 Å². The highest BCUT2D eigenvalue weighted by Crippen LogP contribution is 2.48. The first-order valence-electron chi connectivity index (χ1n) is 8.32. The van der Waals surface area contributed by atoms with Gasteiger partial charge in [-0.1, -0.05) is 56.7 Å². The van der Waals surface area contributed by atoms with Crippen LogP contribution in [0.2, 0.25) is 5.02 Å². The molecule has 0 saturated heterocycles. The number of hydrogen-bond acceptors (Lipinski definition) is 3. The van der Waals surface area contributed by atoms with Crippen LogP contribution < -0.4 is 0 Å². The number of nitrogens with zero attached hydrogens (tertiary/aromatic N) is 3. The van der Waals surface area contributed by atoms with E-state index >= 15 is 0 Å². The van der Waals surface area contributed by atoms with E-state index in [0.29, 0.717) is 11.6 Å². The highest BCUT2D eigenvalue weighted by Gasteiger charge is 2.46. The zero-order chi connectivity index (χ0) is 17.4. The molecule has 24 heavy (non-hydrogen) atoms. The van der Waals surface area contributed by atoms with E-state index in [1.54, 1.807) is 11.0 Å². The summed E-state index contributed by atoms with van der Waals surface area (Å²) in [7, 11) is 0. The number of hydrogen-bond donors (Lipinski definition) is 1. The van der Waals surface area contributed by atoms with Crippen molar-refractivity contribution in [3.05, 3.63) is 53.1 Å². The zero-order valence-electron chi connectivity index (χ0n) is 14.4. The Morgan fingerprint density at radius 2 is 2.08 bits per heavy atom. The lowest BCUT2D eigenvalue weighted by Crippen LogP contribution is -2.34. The van der Waals surface area contributed by atoms with Crippen molar-refractivity contribution in [1.82, 2.24) is 14.8 Å². The second kappa shape index (κ2) is 6.34. The summed E-state index contributed by atoms with van der Waals surface area (Å²) < 4.78 is 1.67. The molecule has 5 heteroatoms. The maximum Gasteiger partial charge on any atom is 0.137 e. The Kier molecular flexibility index (Phi) is 4.54. The molecule has 1 aromatic carbocycles. The zero-order valence-corrected chi connectivity index (χ0v) is 15.2. The van der Waals surface area contributed by atoms with Gasteiger partial charge in [0.1, 0.15) is 18.3 Å². The molecular weight excluding hydrogens is 322 g/mol. The van der Waals surface area contributed by atoms with Gasteiger partial charge >= 0.3 is 0 Å².